The number of carbonyl (C=O) groups is 1. The molecule has 4 aromatic rings. The summed E-state index contributed by atoms with van der Waals surface area (Å²) in [4.78, 5) is 28.6. The number of nitro benzene ring substituents is 1. The number of carbonyl (C=O) groups excluding carboxylic acids is 1. The van der Waals surface area contributed by atoms with Crippen LogP contribution in [0.2, 0.25) is 0 Å². The molecule has 1 spiro atoms. The zero-order valence-corrected chi connectivity index (χ0v) is 23.8. The van der Waals surface area contributed by atoms with Crippen molar-refractivity contribution in [2.75, 3.05) is 11.4 Å². The van der Waals surface area contributed by atoms with Gasteiger partial charge in [-0.25, -0.2) is 0 Å². The maximum absolute atomic E-state index is 15.0. The molecule has 2 heterocycles. The van der Waals surface area contributed by atoms with Crippen molar-refractivity contribution in [3.8, 4) is 0 Å². The van der Waals surface area contributed by atoms with Gasteiger partial charge in [-0.3, -0.25) is 14.9 Å². The molecule has 0 saturated carbocycles. The summed E-state index contributed by atoms with van der Waals surface area (Å²) in [6.45, 7) is 5.41. The Morgan fingerprint density at radius 1 is 0.857 bits per heavy atom. The summed E-state index contributed by atoms with van der Waals surface area (Å²) in [6, 6.07) is 33.2. The van der Waals surface area contributed by atoms with Gasteiger partial charge in [-0.15, -0.1) is 0 Å². The Morgan fingerprint density at radius 3 is 2.24 bits per heavy atom. The van der Waals surface area contributed by atoms with Crippen molar-refractivity contribution in [3.63, 3.8) is 0 Å². The molecule has 7 rings (SSSR count). The van der Waals surface area contributed by atoms with Gasteiger partial charge in [-0.1, -0.05) is 92.7 Å². The smallest absolute Gasteiger partial charge is 0.269 e. The summed E-state index contributed by atoms with van der Waals surface area (Å²) in [6.07, 6.45) is 6.52. The van der Waals surface area contributed by atoms with Crippen molar-refractivity contribution in [2.24, 2.45) is 5.92 Å². The first-order valence-electron chi connectivity index (χ1n) is 14.6. The summed E-state index contributed by atoms with van der Waals surface area (Å²) in [7, 11) is 0. The average molecular weight is 553 g/mol. The van der Waals surface area contributed by atoms with Crippen LogP contribution in [0.5, 0.6) is 0 Å². The van der Waals surface area contributed by atoms with Crippen LogP contribution in [0.25, 0.3) is 11.1 Å². The summed E-state index contributed by atoms with van der Waals surface area (Å²) in [5.74, 6) is -0.501. The van der Waals surface area contributed by atoms with Crippen LogP contribution >= 0.6 is 0 Å². The van der Waals surface area contributed by atoms with E-state index in [1.807, 2.05) is 48.5 Å². The van der Waals surface area contributed by atoms with Crippen molar-refractivity contribution < 1.29 is 9.72 Å². The van der Waals surface area contributed by atoms with E-state index in [9.17, 15) is 14.9 Å². The van der Waals surface area contributed by atoms with Crippen molar-refractivity contribution in [1.29, 1.82) is 0 Å². The van der Waals surface area contributed by atoms with Crippen LogP contribution in [-0.4, -0.2) is 22.8 Å². The number of Topliss-reactive ketones (excluding diaryl/α,β-unsaturated/α-hetero) is 1. The van der Waals surface area contributed by atoms with Gasteiger partial charge in [-0.2, -0.15) is 0 Å². The normalized spacial score (nSPS) is 21.9. The largest absolute Gasteiger partial charge is 0.360 e. The van der Waals surface area contributed by atoms with Crippen molar-refractivity contribution in [1.82, 2.24) is 0 Å². The predicted octanol–water partition coefficient (Wildman–Crippen LogP) is 8.06. The van der Waals surface area contributed by atoms with Gasteiger partial charge in [0.2, 0.25) is 0 Å². The van der Waals surface area contributed by atoms with Gasteiger partial charge in [0, 0.05) is 35.3 Å². The number of aryl methyl sites for hydroxylation is 1. The van der Waals surface area contributed by atoms with Gasteiger partial charge < -0.3 is 4.90 Å². The second kappa shape index (κ2) is 9.66. The average Bonchev–Trinajstić information content (AvgIpc) is 3.21. The van der Waals surface area contributed by atoms with Gasteiger partial charge in [-0.05, 0) is 70.5 Å². The third-order valence-electron chi connectivity index (χ3n) is 9.62. The van der Waals surface area contributed by atoms with Gasteiger partial charge in [0.25, 0.3) is 5.69 Å². The van der Waals surface area contributed by atoms with Gasteiger partial charge in [0.05, 0.1) is 16.4 Å². The van der Waals surface area contributed by atoms with Crippen molar-refractivity contribution >= 4 is 28.3 Å². The molecule has 0 radical (unpaired) electrons. The Balaban J connectivity index is 1.55. The Bertz CT molecular complexity index is 1770. The quantitative estimate of drug-likeness (QED) is 0.143. The molecule has 5 nitrogen and oxygen atoms in total. The molecule has 3 aliphatic rings. The van der Waals surface area contributed by atoms with Gasteiger partial charge in [0.1, 0.15) is 0 Å². The van der Waals surface area contributed by atoms with E-state index in [2.05, 4.69) is 61.2 Å². The summed E-state index contributed by atoms with van der Waals surface area (Å²) < 4.78 is 0. The lowest BCUT2D eigenvalue weighted by molar-refractivity contribution is -0.384. The highest BCUT2D eigenvalue weighted by Gasteiger charge is 2.63. The Morgan fingerprint density at radius 2 is 1.55 bits per heavy atom. The number of nitro groups is 1. The Hall–Kier alpha value is -4.77. The number of ketones is 1. The van der Waals surface area contributed by atoms with E-state index in [4.69, 9.17) is 0 Å². The molecule has 0 bridgehead atoms. The molecule has 4 aromatic carbocycles. The van der Waals surface area contributed by atoms with Crippen LogP contribution in [0.1, 0.15) is 52.9 Å². The van der Waals surface area contributed by atoms with E-state index < -0.39 is 16.9 Å². The third-order valence-corrected chi connectivity index (χ3v) is 9.62. The number of non-ortho nitro benzene ring substituents is 1. The number of para-hydroxylation sites is 1. The minimum absolute atomic E-state index is 0.0314. The van der Waals surface area contributed by atoms with E-state index >= 15 is 0 Å². The molecule has 0 N–H and O–H groups in total. The lowest BCUT2D eigenvalue weighted by Gasteiger charge is -2.53. The van der Waals surface area contributed by atoms with E-state index in [-0.39, 0.29) is 16.4 Å². The maximum atomic E-state index is 15.0. The highest BCUT2D eigenvalue weighted by Crippen LogP contribution is 2.62. The number of hydrogen-bond donors (Lipinski definition) is 0. The molecule has 0 unspecified atom stereocenters. The van der Waals surface area contributed by atoms with E-state index in [0.717, 1.165) is 41.7 Å². The van der Waals surface area contributed by atoms with Crippen LogP contribution in [0.3, 0.4) is 0 Å². The van der Waals surface area contributed by atoms with Crippen LogP contribution < -0.4 is 4.90 Å². The molecule has 0 saturated heterocycles. The third kappa shape index (κ3) is 3.73. The molecule has 0 fully saturated rings. The minimum atomic E-state index is -0.712. The highest BCUT2D eigenvalue weighted by molar-refractivity contribution is 6.10. The van der Waals surface area contributed by atoms with E-state index in [1.165, 1.54) is 16.8 Å². The Kier molecular flexibility index (Phi) is 6.01. The lowest BCUT2D eigenvalue weighted by Crippen LogP contribution is -2.63. The van der Waals surface area contributed by atoms with Crippen LogP contribution in [-0.2, 0) is 11.8 Å². The lowest BCUT2D eigenvalue weighted by atomic mass is 9.57. The van der Waals surface area contributed by atoms with E-state index in [1.54, 1.807) is 24.3 Å². The van der Waals surface area contributed by atoms with Crippen molar-refractivity contribution in [2.45, 2.75) is 37.6 Å². The Labute approximate surface area is 246 Å². The molecular formula is C37H32N2O3. The molecule has 42 heavy (non-hydrogen) atoms. The zero-order valence-electron chi connectivity index (χ0n) is 23.8. The number of benzene rings is 4. The molecular weight excluding hydrogens is 520 g/mol. The molecule has 2 atom stereocenters. The topological polar surface area (TPSA) is 63.4 Å². The zero-order chi connectivity index (χ0) is 29.1. The number of rotatable bonds is 5. The minimum Gasteiger partial charge on any atom is -0.360 e. The van der Waals surface area contributed by atoms with Crippen LogP contribution in [0.4, 0.5) is 11.4 Å². The predicted molar refractivity (Wildman–Crippen MR) is 168 cm³/mol. The summed E-state index contributed by atoms with van der Waals surface area (Å²) in [5, 5.41) is 11.5. The van der Waals surface area contributed by atoms with E-state index in [0.29, 0.717) is 5.56 Å². The second-order valence-corrected chi connectivity index (χ2v) is 12.1. The van der Waals surface area contributed by atoms with Crippen molar-refractivity contribution in [3.05, 3.63) is 153 Å². The summed E-state index contributed by atoms with van der Waals surface area (Å²) in [5.41, 5.74) is 7.23. The fourth-order valence-corrected chi connectivity index (χ4v) is 7.64. The molecule has 1 aliphatic carbocycles. The fraction of sp³-hybridized carbons (Fsp3) is 0.216. The van der Waals surface area contributed by atoms with Crippen LogP contribution in [0, 0.1) is 16.0 Å². The molecule has 0 aromatic heterocycles. The monoisotopic (exact) mass is 552 g/mol. The first-order chi connectivity index (χ1) is 20.3. The number of nitrogens with zero attached hydrogens (tertiary/aromatic N) is 2. The van der Waals surface area contributed by atoms with Crippen LogP contribution in [0.15, 0.2) is 115 Å². The number of allylic oxidation sites excluding steroid dienone is 2. The maximum Gasteiger partial charge on any atom is 0.269 e. The molecule has 0 amide bonds. The molecule has 208 valence electrons. The van der Waals surface area contributed by atoms with Gasteiger partial charge >= 0.3 is 0 Å². The molecule has 5 heteroatoms. The van der Waals surface area contributed by atoms with Gasteiger partial charge in [0.15, 0.2) is 5.78 Å². The first-order valence-corrected chi connectivity index (χ1v) is 14.6. The number of anilines is 1. The fourth-order valence-electron chi connectivity index (χ4n) is 7.64. The first kappa shape index (κ1) is 26.1. The molecule has 2 aliphatic heterocycles. The standard InChI is InChI=1S/C37H32N2O3/c1-36(2)32-17-9-15-27-16-10-22-38(34(27)32)37(36)24-29(25-11-5-3-6-12-25)23-31(26-18-20-30(21-19-26)39(41)42)33(37)35(40)28-13-7-4-8-14-28/h3-9,11-15,17-21,23-24,33H,10,16,22H2,1-2H3/t33-,37-/m0/s1. The SMILES string of the molecule is CC1(C)c2cccc3c2N(CCC3)[C@]12C=C(c1ccccc1)C=C(c1ccc([N+](=O)[O-])cc1)[C@H]2C(=O)c1ccccc1. The summed E-state index contributed by atoms with van der Waals surface area (Å²) >= 11 is 0. The second-order valence-electron chi connectivity index (χ2n) is 12.1. The number of fused-ring (bicyclic) bond motifs is 1. The number of hydrogen-bond acceptors (Lipinski definition) is 4. The highest BCUT2D eigenvalue weighted by atomic mass is 16.6.